The molecule has 0 radical (unpaired) electrons. The van der Waals surface area contributed by atoms with E-state index >= 15 is 0 Å². The lowest BCUT2D eigenvalue weighted by atomic mass is 10.2. The van der Waals surface area contributed by atoms with Gasteiger partial charge in [-0.3, -0.25) is 9.59 Å². The van der Waals surface area contributed by atoms with E-state index in [0.717, 1.165) is 5.39 Å². The third-order valence-corrected chi connectivity index (χ3v) is 2.70. The van der Waals surface area contributed by atoms with Gasteiger partial charge in [0.25, 0.3) is 0 Å². The van der Waals surface area contributed by atoms with Crippen molar-refractivity contribution in [1.82, 2.24) is 15.3 Å². The quantitative estimate of drug-likeness (QED) is 0.698. The summed E-state index contributed by atoms with van der Waals surface area (Å²) >= 11 is 0. The number of carbonyl (C=O) groups excluding carboxylic acids is 1. The van der Waals surface area contributed by atoms with Crippen LogP contribution in [0.1, 0.15) is 0 Å². The maximum Gasteiger partial charge on any atom is 0.322 e. The molecule has 1 amide bonds. The van der Waals surface area contributed by atoms with Crippen molar-refractivity contribution < 1.29 is 19.4 Å². The molecule has 3 N–H and O–H groups in total. The number of ether oxygens (including phenoxy) is 1. The van der Waals surface area contributed by atoms with Crippen LogP contribution in [0.2, 0.25) is 0 Å². The Labute approximate surface area is 120 Å². The Morgan fingerprint density at radius 1 is 1.29 bits per heavy atom. The molecule has 21 heavy (non-hydrogen) atoms. The summed E-state index contributed by atoms with van der Waals surface area (Å²) in [5.74, 6) is -0.361. The van der Waals surface area contributed by atoms with Crippen LogP contribution in [0.5, 0.6) is 5.75 Å². The molecule has 0 atom stereocenters. The Morgan fingerprint density at radius 3 is 2.81 bits per heavy atom. The van der Waals surface area contributed by atoms with E-state index in [4.69, 9.17) is 9.84 Å². The second-order valence-corrected chi connectivity index (χ2v) is 4.13. The van der Waals surface area contributed by atoms with Gasteiger partial charge in [0.2, 0.25) is 5.91 Å². The van der Waals surface area contributed by atoms with Gasteiger partial charge in [-0.15, -0.1) is 0 Å². The normalized spacial score (nSPS) is 10.1. The topological polar surface area (TPSA) is 113 Å². The number of carboxylic acids is 1. The van der Waals surface area contributed by atoms with Gasteiger partial charge in [0.05, 0.1) is 19.2 Å². The fourth-order valence-corrected chi connectivity index (χ4v) is 1.71. The van der Waals surface area contributed by atoms with Crippen LogP contribution in [0.4, 0.5) is 5.82 Å². The predicted molar refractivity (Wildman–Crippen MR) is 75.2 cm³/mol. The van der Waals surface area contributed by atoms with E-state index in [0.29, 0.717) is 17.1 Å². The first kappa shape index (κ1) is 14.5. The average molecular weight is 290 g/mol. The highest BCUT2D eigenvalue weighted by molar-refractivity contribution is 5.91. The Balaban J connectivity index is 2.08. The zero-order valence-corrected chi connectivity index (χ0v) is 11.3. The van der Waals surface area contributed by atoms with Crippen LogP contribution in [0.25, 0.3) is 10.9 Å². The molecule has 8 nitrogen and oxygen atoms in total. The molecule has 110 valence electrons. The highest BCUT2D eigenvalue weighted by Gasteiger charge is 2.07. The number of carbonyl (C=O) groups is 2. The first-order valence-electron chi connectivity index (χ1n) is 6.11. The number of rotatable bonds is 6. The molecule has 0 saturated heterocycles. The number of nitrogens with zero attached hydrogens (tertiary/aromatic N) is 2. The summed E-state index contributed by atoms with van der Waals surface area (Å²) in [6, 6.07) is 5.31. The minimum absolute atomic E-state index is 0.0780. The number of methoxy groups -OCH3 is 1. The Bertz CT molecular complexity index is 674. The lowest BCUT2D eigenvalue weighted by Gasteiger charge is -2.09. The number of fused-ring (bicyclic) bond motifs is 1. The molecular weight excluding hydrogens is 276 g/mol. The molecule has 0 spiro atoms. The first-order chi connectivity index (χ1) is 10.1. The van der Waals surface area contributed by atoms with Crippen molar-refractivity contribution in [2.75, 3.05) is 25.5 Å². The van der Waals surface area contributed by atoms with E-state index in [2.05, 4.69) is 20.6 Å². The number of hydrogen-bond acceptors (Lipinski definition) is 6. The third kappa shape index (κ3) is 3.78. The van der Waals surface area contributed by atoms with Crippen LogP contribution >= 0.6 is 0 Å². The summed E-state index contributed by atoms with van der Waals surface area (Å²) in [5, 5.41) is 14.3. The van der Waals surface area contributed by atoms with Crippen LogP contribution in [-0.2, 0) is 9.59 Å². The number of hydrogen-bond donors (Lipinski definition) is 3. The summed E-state index contributed by atoms with van der Waals surface area (Å²) < 4.78 is 5.11. The number of aromatic nitrogens is 2. The molecule has 0 aliphatic carbocycles. The Morgan fingerprint density at radius 2 is 2.10 bits per heavy atom. The summed E-state index contributed by atoms with van der Waals surface area (Å²) in [5.41, 5.74) is 0.679. The van der Waals surface area contributed by atoms with Gasteiger partial charge in [-0.2, -0.15) is 0 Å². The molecule has 0 unspecified atom stereocenters. The summed E-state index contributed by atoms with van der Waals surface area (Å²) in [7, 11) is 1.56. The van der Waals surface area contributed by atoms with Crippen LogP contribution < -0.4 is 15.4 Å². The van der Waals surface area contributed by atoms with E-state index in [9.17, 15) is 9.59 Å². The van der Waals surface area contributed by atoms with Crippen molar-refractivity contribution in [3.63, 3.8) is 0 Å². The summed E-state index contributed by atoms with van der Waals surface area (Å²) in [4.78, 5) is 30.0. The molecular formula is C13H14N4O4. The molecule has 1 aromatic carbocycles. The number of nitrogens with one attached hydrogen (secondary N) is 2. The molecule has 2 aromatic rings. The number of benzene rings is 1. The van der Waals surface area contributed by atoms with E-state index in [1.807, 2.05) is 0 Å². The number of anilines is 1. The molecule has 0 bridgehead atoms. The first-order valence-corrected chi connectivity index (χ1v) is 6.11. The molecule has 0 aliphatic rings. The van der Waals surface area contributed by atoms with Crippen molar-refractivity contribution in [2.24, 2.45) is 0 Å². The molecule has 0 saturated carbocycles. The van der Waals surface area contributed by atoms with E-state index in [1.54, 1.807) is 25.3 Å². The van der Waals surface area contributed by atoms with E-state index < -0.39 is 18.4 Å². The van der Waals surface area contributed by atoms with Gasteiger partial charge in [0.1, 0.15) is 24.4 Å². The monoisotopic (exact) mass is 290 g/mol. The largest absolute Gasteiger partial charge is 0.497 e. The fraction of sp³-hybridized carbons (Fsp3) is 0.231. The van der Waals surface area contributed by atoms with Gasteiger partial charge < -0.3 is 20.5 Å². The smallest absolute Gasteiger partial charge is 0.322 e. The van der Waals surface area contributed by atoms with Gasteiger partial charge in [0, 0.05) is 11.5 Å². The van der Waals surface area contributed by atoms with Crippen molar-refractivity contribution >= 4 is 28.6 Å². The zero-order valence-electron chi connectivity index (χ0n) is 11.3. The minimum atomic E-state index is -1.09. The lowest BCUT2D eigenvalue weighted by molar-refractivity contribution is -0.137. The average Bonchev–Trinajstić information content (AvgIpc) is 2.50. The van der Waals surface area contributed by atoms with Crippen LogP contribution in [0.15, 0.2) is 24.5 Å². The Kier molecular flexibility index (Phi) is 4.50. The zero-order chi connectivity index (χ0) is 15.2. The molecule has 1 heterocycles. The van der Waals surface area contributed by atoms with Gasteiger partial charge in [-0.05, 0) is 12.1 Å². The number of amides is 1. The highest BCUT2D eigenvalue weighted by Crippen LogP contribution is 2.23. The van der Waals surface area contributed by atoms with Gasteiger partial charge in [-0.1, -0.05) is 0 Å². The van der Waals surface area contributed by atoms with Crippen molar-refractivity contribution in [3.8, 4) is 5.75 Å². The molecule has 0 fully saturated rings. The van der Waals surface area contributed by atoms with Gasteiger partial charge in [0.15, 0.2) is 0 Å². The van der Waals surface area contributed by atoms with Crippen molar-refractivity contribution in [2.45, 2.75) is 0 Å². The minimum Gasteiger partial charge on any atom is -0.497 e. The predicted octanol–water partition coefficient (Wildman–Crippen LogP) is 0.251. The van der Waals surface area contributed by atoms with Gasteiger partial charge in [-0.25, -0.2) is 9.97 Å². The molecule has 8 heteroatoms. The maximum absolute atomic E-state index is 11.5. The van der Waals surface area contributed by atoms with Gasteiger partial charge >= 0.3 is 5.97 Å². The Hall–Kier alpha value is -2.90. The second-order valence-electron chi connectivity index (χ2n) is 4.13. The van der Waals surface area contributed by atoms with Crippen LogP contribution in [-0.4, -0.2) is 47.2 Å². The second kappa shape index (κ2) is 6.51. The third-order valence-electron chi connectivity index (χ3n) is 2.70. The standard InChI is InChI=1S/C13H14N4O4/c1-21-8-2-3-9-10(4-8)16-7-17-13(9)15-5-11(18)14-6-12(19)20/h2-4,7H,5-6H2,1H3,(H,14,18)(H,19,20)(H,15,16,17). The number of aliphatic carboxylic acids is 1. The molecule has 1 aromatic heterocycles. The van der Waals surface area contributed by atoms with Crippen molar-refractivity contribution in [3.05, 3.63) is 24.5 Å². The summed E-state index contributed by atoms with van der Waals surface area (Å²) in [6.45, 7) is -0.492. The summed E-state index contributed by atoms with van der Waals surface area (Å²) in [6.07, 6.45) is 1.37. The lowest BCUT2D eigenvalue weighted by Crippen LogP contribution is -2.34. The van der Waals surface area contributed by atoms with Crippen molar-refractivity contribution in [1.29, 1.82) is 0 Å². The number of carboxylic acid groups (broad SMARTS) is 1. The molecule has 2 rings (SSSR count). The molecule has 0 aliphatic heterocycles. The SMILES string of the molecule is COc1ccc2c(NCC(=O)NCC(=O)O)ncnc2c1. The van der Waals surface area contributed by atoms with Crippen LogP contribution in [0, 0.1) is 0 Å². The van der Waals surface area contributed by atoms with E-state index in [1.165, 1.54) is 6.33 Å². The fourth-order valence-electron chi connectivity index (χ4n) is 1.71. The maximum atomic E-state index is 11.5. The van der Waals surface area contributed by atoms with Crippen LogP contribution in [0.3, 0.4) is 0 Å². The van der Waals surface area contributed by atoms with E-state index in [-0.39, 0.29) is 6.54 Å². The highest BCUT2D eigenvalue weighted by atomic mass is 16.5.